The number of nitrogens with zero attached hydrogens (tertiary/aromatic N) is 1. The normalized spacial score (nSPS) is 29.4. The van der Waals surface area contributed by atoms with Gasteiger partial charge in [0.1, 0.15) is 6.04 Å². The molecular formula is C10H16N2O4. The van der Waals surface area contributed by atoms with Crippen molar-refractivity contribution in [2.45, 2.75) is 37.5 Å². The van der Waals surface area contributed by atoms with E-state index >= 15 is 0 Å². The van der Waals surface area contributed by atoms with Crippen molar-refractivity contribution in [2.24, 2.45) is 0 Å². The Morgan fingerprint density at radius 3 is 2.62 bits per heavy atom. The van der Waals surface area contributed by atoms with Gasteiger partial charge in [-0.2, -0.15) is 0 Å². The van der Waals surface area contributed by atoms with Crippen LogP contribution >= 0.6 is 0 Å². The first-order valence-corrected chi connectivity index (χ1v) is 5.51. The maximum Gasteiger partial charge on any atom is 0.326 e. The molecule has 6 heteroatoms. The number of β-amino-alcohol motifs (C(OH)–C–C–N with tert-alkyl or cyclic N) is 1. The van der Waals surface area contributed by atoms with Crippen molar-refractivity contribution in [3.8, 4) is 0 Å². The number of aliphatic hydroxyl groups is 1. The number of carboxylic acids is 1. The minimum atomic E-state index is -1.05. The summed E-state index contributed by atoms with van der Waals surface area (Å²) >= 11 is 0. The molecule has 2 rings (SSSR count). The number of hydrogen-bond donors (Lipinski definition) is 3. The van der Waals surface area contributed by atoms with Gasteiger partial charge in [0.25, 0.3) is 0 Å². The van der Waals surface area contributed by atoms with Crippen molar-refractivity contribution < 1.29 is 19.8 Å². The second-order valence-electron chi connectivity index (χ2n) is 4.44. The average Bonchev–Trinajstić information content (AvgIpc) is 2.96. The molecule has 90 valence electrons. The number of hydrogen-bond acceptors (Lipinski definition) is 4. The minimum Gasteiger partial charge on any atom is -0.480 e. The lowest BCUT2D eigenvalue weighted by molar-refractivity contribution is -0.147. The summed E-state index contributed by atoms with van der Waals surface area (Å²) in [5.74, 6) is -1.29. The van der Waals surface area contributed by atoms with Crippen LogP contribution in [0.15, 0.2) is 0 Å². The quantitative estimate of drug-likeness (QED) is 0.561. The van der Waals surface area contributed by atoms with Crippen molar-refractivity contribution in [1.82, 2.24) is 10.2 Å². The molecule has 1 aliphatic carbocycles. The van der Waals surface area contributed by atoms with E-state index in [1.807, 2.05) is 0 Å². The van der Waals surface area contributed by atoms with Gasteiger partial charge in [-0.25, -0.2) is 4.79 Å². The fourth-order valence-electron chi connectivity index (χ4n) is 1.94. The third-order valence-corrected chi connectivity index (χ3v) is 3.00. The predicted molar refractivity (Wildman–Crippen MR) is 54.8 cm³/mol. The maximum atomic E-state index is 11.7. The van der Waals surface area contributed by atoms with Gasteiger partial charge in [0.2, 0.25) is 5.91 Å². The van der Waals surface area contributed by atoms with Crippen LogP contribution in [-0.2, 0) is 9.59 Å². The van der Waals surface area contributed by atoms with Crippen molar-refractivity contribution in [1.29, 1.82) is 0 Å². The van der Waals surface area contributed by atoms with E-state index in [9.17, 15) is 14.7 Å². The van der Waals surface area contributed by atoms with E-state index in [1.165, 1.54) is 4.90 Å². The summed E-state index contributed by atoms with van der Waals surface area (Å²) in [6, 6.07) is -0.455. The van der Waals surface area contributed by atoms with Crippen LogP contribution in [-0.4, -0.2) is 58.3 Å². The van der Waals surface area contributed by atoms with Gasteiger partial charge in [0.05, 0.1) is 12.6 Å². The largest absolute Gasteiger partial charge is 0.480 e. The third-order valence-electron chi connectivity index (χ3n) is 3.00. The number of amides is 1. The van der Waals surface area contributed by atoms with Crippen LogP contribution in [0.3, 0.4) is 0 Å². The fraction of sp³-hybridized carbons (Fsp3) is 0.800. The van der Waals surface area contributed by atoms with Crippen molar-refractivity contribution in [3.05, 3.63) is 0 Å². The first-order valence-electron chi connectivity index (χ1n) is 5.51. The zero-order chi connectivity index (χ0) is 11.7. The van der Waals surface area contributed by atoms with Crippen LogP contribution in [0.5, 0.6) is 0 Å². The van der Waals surface area contributed by atoms with E-state index in [0.29, 0.717) is 6.04 Å². The number of nitrogens with one attached hydrogen (secondary N) is 1. The number of rotatable bonds is 4. The maximum absolute atomic E-state index is 11.7. The summed E-state index contributed by atoms with van der Waals surface area (Å²) in [4.78, 5) is 23.9. The van der Waals surface area contributed by atoms with E-state index < -0.39 is 18.1 Å². The highest BCUT2D eigenvalue weighted by Crippen LogP contribution is 2.20. The summed E-state index contributed by atoms with van der Waals surface area (Å²) < 4.78 is 0. The number of aliphatic hydroxyl groups excluding tert-OH is 1. The van der Waals surface area contributed by atoms with E-state index in [2.05, 4.69) is 5.32 Å². The molecule has 2 atom stereocenters. The Morgan fingerprint density at radius 2 is 2.06 bits per heavy atom. The van der Waals surface area contributed by atoms with E-state index in [1.54, 1.807) is 0 Å². The van der Waals surface area contributed by atoms with Gasteiger partial charge >= 0.3 is 5.97 Å². The van der Waals surface area contributed by atoms with Crippen LogP contribution < -0.4 is 5.32 Å². The Balaban J connectivity index is 1.89. The molecule has 1 saturated heterocycles. The summed E-state index contributed by atoms with van der Waals surface area (Å²) in [6.07, 6.45) is 1.58. The Kier molecular flexibility index (Phi) is 3.11. The average molecular weight is 228 g/mol. The third kappa shape index (κ3) is 2.51. The molecule has 0 aromatic carbocycles. The standard InChI is InChI=1S/C10H16N2O4/c13-7-3-8(10(15)16)12(5-7)9(14)4-11-6-1-2-6/h6-8,11,13H,1-5H2,(H,15,16)/t7-,8-/m1/s1. The van der Waals surface area contributed by atoms with Crippen molar-refractivity contribution in [3.63, 3.8) is 0 Å². The first kappa shape index (κ1) is 11.3. The molecule has 0 bridgehead atoms. The molecule has 1 saturated carbocycles. The highest BCUT2D eigenvalue weighted by molar-refractivity contribution is 5.85. The number of carbonyl (C=O) groups excluding carboxylic acids is 1. The molecule has 6 nitrogen and oxygen atoms in total. The van der Waals surface area contributed by atoms with Gasteiger partial charge in [-0.3, -0.25) is 4.79 Å². The molecule has 16 heavy (non-hydrogen) atoms. The molecule has 2 aliphatic rings. The predicted octanol–water partition coefficient (Wildman–Crippen LogP) is -1.22. The first-order chi connectivity index (χ1) is 7.58. The van der Waals surface area contributed by atoms with Gasteiger partial charge in [-0.1, -0.05) is 0 Å². The van der Waals surface area contributed by atoms with Gasteiger partial charge in [-0.05, 0) is 12.8 Å². The lowest BCUT2D eigenvalue weighted by Gasteiger charge is -2.21. The second-order valence-corrected chi connectivity index (χ2v) is 4.44. The molecular weight excluding hydrogens is 212 g/mol. The van der Waals surface area contributed by atoms with Gasteiger partial charge in [0.15, 0.2) is 0 Å². The zero-order valence-corrected chi connectivity index (χ0v) is 8.93. The smallest absolute Gasteiger partial charge is 0.326 e. The Hall–Kier alpha value is -1.14. The molecule has 1 heterocycles. The van der Waals surface area contributed by atoms with E-state index in [0.717, 1.165) is 12.8 Å². The number of carbonyl (C=O) groups is 2. The van der Waals surface area contributed by atoms with Crippen LogP contribution in [0.1, 0.15) is 19.3 Å². The zero-order valence-electron chi connectivity index (χ0n) is 8.93. The van der Waals surface area contributed by atoms with Crippen LogP contribution in [0.2, 0.25) is 0 Å². The molecule has 0 radical (unpaired) electrons. The molecule has 1 aliphatic heterocycles. The summed E-state index contributed by atoms with van der Waals surface area (Å²) in [6.45, 7) is 0.295. The van der Waals surface area contributed by atoms with Crippen LogP contribution in [0, 0.1) is 0 Å². The summed E-state index contributed by atoms with van der Waals surface area (Å²) in [5, 5.41) is 21.3. The van der Waals surface area contributed by atoms with Crippen LogP contribution in [0.4, 0.5) is 0 Å². The van der Waals surface area contributed by atoms with E-state index in [4.69, 9.17) is 5.11 Å². The highest BCUT2D eigenvalue weighted by Gasteiger charge is 2.38. The molecule has 0 unspecified atom stereocenters. The number of carboxylic acid groups (broad SMARTS) is 1. The minimum absolute atomic E-state index is 0.127. The SMILES string of the molecule is O=C(O)[C@H]1C[C@@H](O)CN1C(=O)CNC1CC1. The Morgan fingerprint density at radius 1 is 1.38 bits per heavy atom. The van der Waals surface area contributed by atoms with Crippen molar-refractivity contribution >= 4 is 11.9 Å². The monoisotopic (exact) mass is 228 g/mol. The van der Waals surface area contributed by atoms with Crippen molar-refractivity contribution in [2.75, 3.05) is 13.1 Å². The molecule has 1 amide bonds. The second kappa shape index (κ2) is 4.39. The van der Waals surface area contributed by atoms with E-state index in [-0.39, 0.29) is 25.4 Å². The fourth-order valence-corrected chi connectivity index (χ4v) is 1.94. The van der Waals surface area contributed by atoms with Gasteiger partial charge in [0, 0.05) is 19.0 Å². The lowest BCUT2D eigenvalue weighted by Crippen LogP contribution is -2.45. The topological polar surface area (TPSA) is 89.9 Å². The lowest BCUT2D eigenvalue weighted by atomic mass is 10.2. The molecule has 0 spiro atoms. The molecule has 0 aromatic heterocycles. The summed E-state index contributed by atoms with van der Waals surface area (Å²) in [5.41, 5.74) is 0. The number of aliphatic carboxylic acids is 1. The molecule has 0 aromatic rings. The van der Waals surface area contributed by atoms with Gasteiger partial charge in [-0.15, -0.1) is 0 Å². The van der Waals surface area contributed by atoms with Crippen LogP contribution in [0.25, 0.3) is 0 Å². The molecule has 2 fully saturated rings. The Labute approximate surface area is 93.2 Å². The Bertz CT molecular complexity index is 303. The molecule has 3 N–H and O–H groups in total. The highest BCUT2D eigenvalue weighted by atomic mass is 16.4. The van der Waals surface area contributed by atoms with Gasteiger partial charge < -0.3 is 20.4 Å². The number of likely N-dealkylation sites (tertiary alicyclic amines) is 1. The summed E-state index contributed by atoms with van der Waals surface area (Å²) in [7, 11) is 0.